The lowest BCUT2D eigenvalue weighted by Crippen LogP contribution is -2.48. The second kappa shape index (κ2) is 6.59. The lowest BCUT2D eigenvalue weighted by Gasteiger charge is -2.36. The van der Waals surface area contributed by atoms with Crippen LogP contribution in [0.15, 0.2) is 47.3 Å². The maximum absolute atomic E-state index is 12.7. The molecule has 1 amide bonds. The third-order valence-electron chi connectivity index (χ3n) is 4.75. The average molecular weight is 352 g/mol. The van der Waals surface area contributed by atoms with Crippen LogP contribution in [0.3, 0.4) is 0 Å². The minimum atomic E-state index is -0.203. The molecule has 7 heteroatoms. The normalized spacial score (nSPS) is 14.7. The Labute approximate surface area is 150 Å². The number of amides is 1. The largest absolute Gasteiger partial charge is 0.497 e. The highest BCUT2D eigenvalue weighted by atomic mass is 16.5. The van der Waals surface area contributed by atoms with Crippen LogP contribution in [0.5, 0.6) is 5.75 Å². The maximum Gasteiger partial charge on any atom is 0.323 e. The molecule has 134 valence electrons. The number of benzene rings is 2. The van der Waals surface area contributed by atoms with Gasteiger partial charge in [-0.1, -0.05) is 6.07 Å². The van der Waals surface area contributed by atoms with Crippen molar-refractivity contribution in [1.82, 2.24) is 14.9 Å². The van der Waals surface area contributed by atoms with Crippen molar-refractivity contribution in [3.05, 3.63) is 58.5 Å². The summed E-state index contributed by atoms with van der Waals surface area (Å²) in [5, 5.41) is 0. The van der Waals surface area contributed by atoms with Crippen molar-refractivity contribution < 1.29 is 9.53 Å². The summed E-state index contributed by atoms with van der Waals surface area (Å²) in [5.74, 6) is 0.706. The highest BCUT2D eigenvalue weighted by Crippen LogP contribution is 2.21. The second-order valence-corrected chi connectivity index (χ2v) is 6.32. The Morgan fingerprint density at radius 2 is 1.77 bits per heavy atom. The van der Waals surface area contributed by atoms with E-state index in [2.05, 4.69) is 14.9 Å². The van der Waals surface area contributed by atoms with Gasteiger partial charge in [-0.25, -0.2) is 4.79 Å². The zero-order valence-electron chi connectivity index (χ0n) is 14.5. The Balaban J connectivity index is 1.45. The topological polar surface area (TPSA) is 81.4 Å². The van der Waals surface area contributed by atoms with E-state index < -0.39 is 0 Å². The Kier molecular flexibility index (Phi) is 4.12. The van der Waals surface area contributed by atoms with E-state index in [9.17, 15) is 9.59 Å². The summed E-state index contributed by atoms with van der Waals surface area (Å²) in [6, 6.07) is 13.1. The summed E-state index contributed by atoms with van der Waals surface area (Å²) >= 11 is 0. The molecule has 1 aliphatic heterocycles. The van der Waals surface area contributed by atoms with Gasteiger partial charge < -0.3 is 24.5 Å². The van der Waals surface area contributed by atoms with Crippen LogP contribution in [0.1, 0.15) is 10.4 Å². The fraction of sp³-hybridized carbons (Fsp3) is 0.263. The molecule has 2 heterocycles. The fourth-order valence-electron chi connectivity index (χ4n) is 3.32. The number of methoxy groups -OCH3 is 1. The number of aromatic amines is 2. The molecule has 2 N–H and O–H groups in total. The molecule has 0 unspecified atom stereocenters. The molecule has 4 rings (SSSR count). The van der Waals surface area contributed by atoms with E-state index >= 15 is 0 Å². The molecule has 1 aliphatic rings. The highest BCUT2D eigenvalue weighted by molar-refractivity contribution is 5.94. The van der Waals surface area contributed by atoms with E-state index in [0.29, 0.717) is 24.4 Å². The van der Waals surface area contributed by atoms with E-state index in [0.717, 1.165) is 29.8 Å². The molecule has 0 spiro atoms. The number of nitrogens with zero attached hydrogens (tertiary/aromatic N) is 2. The number of imidazole rings is 1. The molecular formula is C19H20N4O3. The van der Waals surface area contributed by atoms with Gasteiger partial charge in [-0.3, -0.25) is 4.79 Å². The average Bonchev–Trinajstić information content (AvgIpc) is 3.06. The Morgan fingerprint density at radius 3 is 2.54 bits per heavy atom. The molecule has 0 aliphatic carbocycles. The molecule has 0 bridgehead atoms. The van der Waals surface area contributed by atoms with Crippen LogP contribution >= 0.6 is 0 Å². The van der Waals surface area contributed by atoms with Gasteiger partial charge >= 0.3 is 5.69 Å². The predicted octanol–water partition coefficient (Wildman–Crippen LogP) is 1.83. The summed E-state index contributed by atoms with van der Waals surface area (Å²) in [6.07, 6.45) is 0. The van der Waals surface area contributed by atoms with Gasteiger partial charge in [0, 0.05) is 37.4 Å². The van der Waals surface area contributed by atoms with Crippen LogP contribution in [0.4, 0.5) is 5.69 Å². The molecule has 0 saturated carbocycles. The van der Waals surface area contributed by atoms with Gasteiger partial charge in [0.2, 0.25) is 0 Å². The van der Waals surface area contributed by atoms with Gasteiger partial charge in [0.25, 0.3) is 5.91 Å². The number of fused-ring (bicyclic) bond motifs is 1. The molecule has 7 nitrogen and oxygen atoms in total. The number of H-pyrrole nitrogens is 2. The van der Waals surface area contributed by atoms with Crippen LogP contribution < -0.4 is 15.3 Å². The molecule has 2 aromatic carbocycles. The SMILES string of the molecule is COc1cccc(C(=O)N2CCN(c3ccc4[nH]c(=O)[nH]c4c3)CC2)c1. The lowest BCUT2D eigenvalue weighted by molar-refractivity contribution is 0.0746. The van der Waals surface area contributed by atoms with Crippen molar-refractivity contribution in [2.75, 3.05) is 38.2 Å². The van der Waals surface area contributed by atoms with Crippen LogP contribution in [0.2, 0.25) is 0 Å². The van der Waals surface area contributed by atoms with E-state index in [-0.39, 0.29) is 11.6 Å². The van der Waals surface area contributed by atoms with Crippen molar-refractivity contribution in [2.24, 2.45) is 0 Å². The predicted molar refractivity (Wildman–Crippen MR) is 100 cm³/mol. The number of anilines is 1. The molecular weight excluding hydrogens is 332 g/mol. The number of hydrogen-bond acceptors (Lipinski definition) is 4. The van der Waals surface area contributed by atoms with Crippen molar-refractivity contribution in [1.29, 1.82) is 0 Å². The zero-order chi connectivity index (χ0) is 18.1. The minimum absolute atomic E-state index is 0.0222. The molecule has 26 heavy (non-hydrogen) atoms. The summed E-state index contributed by atoms with van der Waals surface area (Å²) < 4.78 is 5.20. The van der Waals surface area contributed by atoms with Crippen molar-refractivity contribution in [3.8, 4) is 5.75 Å². The number of carbonyl (C=O) groups excluding carboxylic acids is 1. The zero-order valence-corrected chi connectivity index (χ0v) is 14.5. The van der Waals surface area contributed by atoms with Crippen LogP contribution in [0, 0.1) is 0 Å². The number of hydrogen-bond donors (Lipinski definition) is 2. The number of aromatic nitrogens is 2. The van der Waals surface area contributed by atoms with Gasteiger partial charge in [0.15, 0.2) is 0 Å². The quantitative estimate of drug-likeness (QED) is 0.753. The van der Waals surface area contributed by atoms with Crippen LogP contribution in [-0.4, -0.2) is 54.1 Å². The van der Waals surface area contributed by atoms with E-state index in [1.165, 1.54) is 0 Å². The molecule has 0 radical (unpaired) electrons. The molecule has 0 atom stereocenters. The van der Waals surface area contributed by atoms with Crippen molar-refractivity contribution in [2.45, 2.75) is 0 Å². The van der Waals surface area contributed by atoms with Crippen molar-refractivity contribution >= 4 is 22.6 Å². The van der Waals surface area contributed by atoms with Crippen molar-refractivity contribution in [3.63, 3.8) is 0 Å². The van der Waals surface area contributed by atoms with Gasteiger partial charge in [0.1, 0.15) is 5.75 Å². The third-order valence-corrected chi connectivity index (χ3v) is 4.75. The van der Waals surface area contributed by atoms with Crippen LogP contribution in [-0.2, 0) is 0 Å². The van der Waals surface area contributed by atoms with Gasteiger partial charge in [-0.15, -0.1) is 0 Å². The van der Waals surface area contributed by atoms with Gasteiger partial charge in [-0.2, -0.15) is 0 Å². The van der Waals surface area contributed by atoms with E-state index in [1.54, 1.807) is 13.2 Å². The molecule has 3 aromatic rings. The number of carbonyl (C=O) groups is 1. The highest BCUT2D eigenvalue weighted by Gasteiger charge is 2.22. The second-order valence-electron chi connectivity index (χ2n) is 6.32. The smallest absolute Gasteiger partial charge is 0.323 e. The first-order valence-electron chi connectivity index (χ1n) is 8.54. The van der Waals surface area contributed by atoms with Gasteiger partial charge in [-0.05, 0) is 36.4 Å². The standard InChI is InChI=1S/C19H20N4O3/c1-26-15-4-2-3-13(11-15)18(24)23-9-7-22(8-10-23)14-5-6-16-17(12-14)21-19(25)20-16/h2-6,11-12H,7-10H2,1H3,(H2,20,21,25). The minimum Gasteiger partial charge on any atom is -0.497 e. The lowest BCUT2D eigenvalue weighted by atomic mass is 10.1. The summed E-state index contributed by atoms with van der Waals surface area (Å²) in [7, 11) is 1.59. The number of piperazine rings is 1. The number of rotatable bonds is 3. The fourth-order valence-corrected chi connectivity index (χ4v) is 3.32. The Hall–Kier alpha value is -3.22. The molecule has 1 aromatic heterocycles. The summed E-state index contributed by atoms with van der Waals surface area (Å²) in [4.78, 5) is 33.7. The summed E-state index contributed by atoms with van der Waals surface area (Å²) in [5.41, 5.74) is 3.07. The molecule has 1 fully saturated rings. The van der Waals surface area contributed by atoms with E-state index in [1.807, 2.05) is 41.3 Å². The number of nitrogens with one attached hydrogen (secondary N) is 2. The maximum atomic E-state index is 12.7. The third kappa shape index (κ3) is 3.03. The summed E-state index contributed by atoms with van der Waals surface area (Å²) in [6.45, 7) is 2.79. The first kappa shape index (κ1) is 16.3. The number of ether oxygens (including phenoxy) is 1. The Bertz CT molecular complexity index is 999. The first-order valence-corrected chi connectivity index (χ1v) is 8.54. The van der Waals surface area contributed by atoms with E-state index in [4.69, 9.17) is 4.74 Å². The van der Waals surface area contributed by atoms with Gasteiger partial charge in [0.05, 0.1) is 18.1 Å². The van der Waals surface area contributed by atoms with Crippen LogP contribution in [0.25, 0.3) is 11.0 Å². The monoisotopic (exact) mass is 352 g/mol. The molecule has 1 saturated heterocycles. The Morgan fingerprint density at radius 1 is 1.00 bits per heavy atom. The first-order chi connectivity index (χ1) is 12.6.